The summed E-state index contributed by atoms with van der Waals surface area (Å²) in [5, 5.41) is 8.01. The quantitative estimate of drug-likeness (QED) is 0.589. The Morgan fingerprint density at radius 1 is 1.19 bits per heavy atom. The van der Waals surface area contributed by atoms with Gasteiger partial charge in [0.2, 0.25) is 5.91 Å². The highest BCUT2D eigenvalue weighted by molar-refractivity contribution is 7.14. The zero-order valence-electron chi connectivity index (χ0n) is 14.0. The van der Waals surface area contributed by atoms with Gasteiger partial charge in [-0.05, 0) is 29.8 Å². The smallest absolute Gasteiger partial charge is 0.263 e. The van der Waals surface area contributed by atoms with Crippen LogP contribution in [0.25, 0.3) is 0 Å². The maximum Gasteiger partial charge on any atom is 0.263 e. The van der Waals surface area contributed by atoms with E-state index in [4.69, 9.17) is 11.6 Å². The van der Waals surface area contributed by atoms with Gasteiger partial charge in [0.05, 0.1) is 12.1 Å². The van der Waals surface area contributed by atoms with Crippen LogP contribution in [-0.4, -0.2) is 21.8 Å². The van der Waals surface area contributed by atoms with Crippen LogP contribution in [0, 0.1) is 0 Å². The molecule has 0 radical (unpaired) electrons. The number of benzene rings is 1. The van der Waals surface area contributed by atoms with Crippen LogP contribution < -0.4 is 16.2 Å². The largest absolute Gasteiger partial charge is 0.352 e. The molecule has 0 bridgehead atoms. The average Bonchev–Trinajstić information content (AvgIpc) is 3.08. The van der Waals surface area contributed by atoms with E-state index in [0.717, 1.165) is 5.56 Å². The van der Waals surface area contributed by atoms with E-state index < -0.39 is 11.5 Å². The molecule has 2 heterocycles. The van der Waals surface area contributed by atoms with E-state index in [9.17, 15) is 14.4 Å². The number of anilines is 1. The van der Waals surface area contributed by atoms with Gasteiger partial charge in [-0.2, -0.15) is 0 Å². The lowest BCUT2D eigenvalue weighted by Crippen LogP contribution is -2.24. The van der Waals surface area contributed by atoms with E-state index in [1.165, 1.54) is 23.6 Å². The standard InChI is InChI=1S/C18H15ClN4O3S/c19-12-5-3-11(4-6-12)9-21-15(24)8-13-10-27-18(22-13)23-17(26)14-2-1-7-20-16(14)25/h1-7,10H,8-9H2,(H,20,25)(H,21,24)(H,22,23,26). The molecule has 2 amide bonds. The van der Waals surface area contributed by atoms with Gasteiger partial charge in [-0.3, -0.25) is 19.7 Å². The third-order valence-electron chi connectivity index (χ3n) is 3.58. The van der Waals surface area contributed by atoms with Gasteiger partial charge in [0.15, 0.2) is 5.13 Å². The highest BCUT2D eigenvalue weighted by Gasteiger charge is 2.13. The van der Waals surface area contributed by atoms with Gasteiger partial charge in [-0.25, -0.2) is 4.98 Å². The molecule has 0 atom stereocenters. The molecule has 0 spiro atoms. The van der Waals surface area contributed by atoms with Crippen molar-refractivity contribution in [3.63, 3.8) is 0 Å². The number of thiazole rings is 1. The SMILES string of the molecule is O=C(Cc1csc(NC(=O)c2ccc[nH]c2=O)n1)NCc1ccc(Cl)cc1. The van der Waals surface area contributed by atoms with Crippen molar-refractivity contribution in [3.8, 4) is 0 Å². The summed E-state index contributed by atoms with van der Waals surface area (Å²) in [4.78, 5) is 42.4. The molecule has 2 aromatic heterocycles. The molecule has 0 aliphatic carbocycles. The van der Waals surface area contributed by atoms with Crippen molar-refractivity contribution in [3.05, 3.63) is 80.2 Å². The minimum absolute atomic E-state index is 0.00467. The molecule has 9 heteroatoms. The summed E-state index contributed by atoms with van der Waals surface area (Å²) in [7, 11) is 0. The Hall–Kier alpha value is -2.97. The lowest BCUT2D eigenvalue weighted by atomic mass is 10.2. The van der Waals surface area contributed by atoms with Gasteiger partial charge in [0, 0.05) is 23.1 Å². The molecule has 27 heavy (non-hydrogen) atoms. The predicted octanol–water partition coefficient (Wildman–Crippen LogP) is 2.60. The zero-order chi connectivity index (χ0) is 19.2. The second-order valence-corrected chi connectivity index (χ2v) is 6.89. The van der Waals surface area contributed by atoms with Crippen molar-refractivity contribution in [2.75, 3.05) is 5.32 Å². The summed E-state index contributed by atoms with van der Waals surface area (Å²) in [6.45, 7) is 0.389. The molecule has 3 aromatic rings. The first kappa shape index (κ1) is 18.8. The third-order valence-corrected chi connectivity index (χ3v) is 4.64. The van der Waals surface area contributed by atoms with Crippen LogP contribution in [0.4, 0.5) is 5.13 Å². The van der Waals surface area contributed by atoms with Crippen LogP contribution in [0.2, 0.25) is 5.02 Å². The van der Waals surface area contributed by atoms with E-state index >= 15 is 0 Å². The third kappa shape index (κ3) is 5.25. The fourth-order valence-corrected chi connectivity index (χ4v) is 3.07. The molecule has 0 saturated carbocycles. The summed E-state index contributed by atoms with van der Waals surface area (Å²) in [6, 6.07) is 10.2. The molecule has 3 rings (SSSR count). The first-order valence-corrected chi connectivity index (χ1v) is 9.21. The summed E-state index contributed by atoms with van der Waals surface area (Å²) in [6.07, 6.45) is 1.54. The van der Waals surface area contributed by atoms with Crippen LogP contribution in [0.15, 0.2) is 52.8 Å². The van der Waals surface area contributed by atoms with Crippen LogP contribution in [0.1, 0.15) is 21.6 Å². The van der Waals surface area contributed by atoms with E-state index in [2.05, 4.69) is 20.6 Å². The number of rotatable bonds is 6. The molecule has 0 unspecified atom stereocenters. The molecule has 0 saturated heterocycles. The normalized spacial score (nSPS) is 10.4. The Morgan fingerprint density at radius 2 is 1.96 bits per heavy atom. The maximum absolute atomic E-state index is 12.1. The molecule has 0 fully saturated rings. The molecule has 7 nitrogen and oxygen atoms in total. The van der Waals surface area contributed by atoms with Crippen molar-refractivity contribution < 1.29 is 9.59 Å². The number of amides is 2. The number of halogens is 1. The number of hydrogen-bond acceptors (Lipinski definition) is 5. The molecule has 0 aliphatic rings. The number of nitrogens with zero attached hydrogens (tertiary/aromatic N) is 1. The first-order valence-electron chi connectivity index (χ1n) is 7.96. The summed E-state index contributed by atoms with van der Waals surface area (Å²) in [5.74, 6) is -0.738. The Kier molecular flexibility index (Phi) is 6.00. The van der Waals surface area contributed by atoms with Gasteiger partial charge in [0.1, 0.15) is 5.56 Å². The summed E-state index contributed by atoms with van der Waals surface area (Å²) >= 11 is 7.01. The average molecular weight is 403 g/mol. The Bertz CT molecular complexity index is 1010. The number of carbonyl (C=O) groups is 2. The minimum atomic E-state index is -0.551. The summed E-state index contributed by atoms with van der Waals surface area (Å²) < 4.78 is 0. The molecule has 3 N–H and O–H groups in total. The molecule has 0 aliphatic heterocycles. The minimum Gasteiger partial charge on any atom is -0.352 e. The van der Waals surface area contributed by atoms with Crippen molar-refractivity contribution in [2.45, 2.75) is 13.0 Å². The van der Waals surface area contributed by atoms with Crippen molar-refractivity contribution in [1.29, 1.82) is 0 Å². The number of pyridine rings is 1. The van der Waals surface area contributed by atoms with Gasteiger partial charge in [-0.1, -0.05) is 23.7 Å². The number of aromatic nitrogens is 2. The van der Waals surface area contributed by atoms with Gasteiger partial charge in [-0.15, -0.1) is 11.3 Å². The molecule has 1 aromatic carbocycles. The van der Waals surface area contributed by atoms with Crippen LogP contribution in [-0.2, 0) is 17.8 Å². The number of nitrogens with one attached hydrogen (secondary N) is 3. The highest BCUT2D eigenvalue weighted by atomic mass is 35.5. The molecule has 138 valence electrons. The Morgan fingerprint density at radius 3 is 2.70 bits per heavy atom. The number of carbonyl (C=O) groups excluding carboxylic acids is 2. The fourth-order valence-electron chi connectivity index (χ4n) is 2.24. The summed E-state index contributed by atoms with van der Waals surface area (Å²) in [5.41, 5.74) is 0.987. The first-order chi connectivity index (χ1) is 13.0. The van der Waals surface area contributed by atoms with Crippen LogP contribution in [0.5, 0.6) is 0 Å². The second-order valence-electron chi connectivity index (χ2n) is 5.59. The van der Waals surface area contributed by atoms with Crippen molar-refractivity contribution in [2.24, 2.45) is 0 Å². The zero-order valence-corrected chi connectivity index (χ0v) is 15.6. The van der Waals surface area contributed by atoms with Crippen molar-refractivity contribution >= 4 is 39.9 Å². The van der Waals surface area contributed by atoms with Crippen molar-refractivity contribution in [1.82, 2.24) is 15.3 Å². The van der Waals surface area contributed by atoms with Crippen LogP contribution in [0.3, 0.4) is 0 Å². The predicted molar refractivity (Wildman–Crippen MR) is 104 cm³/mol. The van der Waals surface area contributed by atoms with Crippen LogP contribution >= 0.6 is 22.9 Å². The Balaban J connectivity index is 1.53. The van der Waals surface area contributed by atoms with E-state index in [1.54, 1.807) is 23.6 Å². The molecular weight excluding hydrogens is 388 g/mol. The lowest BCUT2D eigenvalue weighted by molar-refractivity contribution is -0.120. The maximum atomic E-state index is 12.1. The topological polar surface area (TPSA) is 104 Å². The van der Waals surface area contributed by atoms with Gasteiger partial charge < -0.3 is 10.3 Å². The highest BCUT2D eigenvalue weighted by Crippen LogP contribution is 2.16. The van der Waals surface area contributed by atoms with E-state index in [1.807, 2.05) is 12.1 Å². The lowest BCUT2D eigenvalue weighted by Gasteiger charge is -2.04. The fraction of sp³-hybridized carbons (Fsp3) is 0.111. The second kappa shape index (κ2) is 8.61. The number of hydrogen-bond donors (Lipinski definition) is 3. The molecular formula is C18H15ClN4O3S. The number of H-pyrrole nitrogens is 1. The van der Waals surface area contributed by atoms with E-state index in [0.29, 0.717) is 22.4 Å². The van der Waals surface area contributed by atoms with Gasteiger partial charge >= 0.3 is 0 Å². The number of aromatic amines is 1. The monoisotopic (exact) mass is 402 g/mol. The van der Waals surface area contributed by atoms with Gasteiger partial charge in [0.25, 0.3) is 11.5 Å². The Labute approximate surface area is 163 Å². The van der Waals surface area contributed by atoms with E-state index in [-0.39, 0.29) is 17.9 Å².